The maximum absolute atomic E-state index is 10.8. The first kappa shape index (κ1) is 13.4. The summed E-state index contributed by atoms with van der Waals surface area (Å²) in [6.07, 6.45) is 2.60. The molecule has 2 rings (SSSR count). The molecule has 0 bridgehead atoms. The fourth-order valence-corrected chi connectivity index (χ4v) is 2.10. The molecule has 2 N–H and O–H groups in total. The summed E-state index contributed by atoms with van der Waals surface area (Å²) in [5.41, 5.74) is 1.16. The second-order valence-electron chi connectivity index (χ2n) is 4.44. The summed E-state index contributed by atoms with van der Waals surface area (Å²) < 4.78 is 6.26. The molecular formula is C13H16BrNO3. The summed E-state index contributed by atoms with van der Waals surface area (Å²) in [4.78, 5) is 10.8. The molecule has 1 aliphatic rings. The maximum Gasteiger partial charge on any atom is 0.335 e. The minimum Gasteiger partial charge on any atom is -0.478 e. The predicted octanol–water partition coefficient (Wildman–Crippen LogP) is 2.99. The van der Waals surface area contributed by atoms with Gasteiger partial charge in [0.05, 0.1) is 12.2 Å². The van der Waals surface area contributed by atoms with E-state index in [2.05, 4.69) is 21.2 Å². The molecule has 98 valence electrons. The van der Waals surface area contributed by atoms with E-state index in [1.165, 1.54) is 12.8 Å². The van der Waals surface area contributed by atoms with Crippen molar-refractivity contribution in [2.45, 2.75) is 12.8 Å². The van der Waals surface area contributed by atoms with E-state index in [1.807, 2.05) is 0 Å². The van der Waals surface area contributed by atoms with Crippen LogP contribution in [0.2, 0.25) is 0 Å². The van der Waals surface area contributed by atoms with E-state index in [-0.39, 0.29) is 5.56 Å². The number of nitrogens with one attached hydrogen (secondary N) is 1. The lowest BCUT2D eigenvalue weighted by atomic mass is 10.2. The van der Waals surface area contributed by atoms with Crippen molar-refractivity contribution in [3.05, 3.63) is 28.2 Å². The number of hydrogen-bond donors (Lipinski definition) is 2. The number of carboxylic acids is 1. The van der Waals surface area contributed by atoms with Gasteiger partial charge < -0.3 is 15.2 Å². The summed E-state index contributed by atoms with van der Waals surface area (Å²) in [7, 11) is 0. The molecule has 1 aliphatic carbocycles. The van der Waals surface area contributed by atoms with Crippen molar-refractivity contribution in [3.63, 3.8) is 0 Å². The zero-order chi connectivity index (χ0) is 13.0. The molecule has 0 radical (unpaired) electrons. The Labute approximate surface area is 114 Å². The number of benzene rings is 1. The average Bonchev–Trinajstić information content (AvgIpc) is 3.14. The van der Waals surface area contributed by atoms with Gasteiger partial charge in [-0.25, -0.2) is 4.79 Å². The number of halogens is 1. The largest absolute Gasteiger partial charge is 0.478 e. The van der Waals surface area contributed by atoms with Gasteiger partial charge in [-0.3, -0.25) is 0 Å². The molecule has 0 unspecified atom stereocenters. The molecule has 1 fully saturated rings. The van der Waals surface area contributed by atoms with Crippen molar-refractivity contribution >= 4 is 27.6 Å². The molecule has 5 heteroatoms. The van der Waals surface area contributed by atoms with Crippen molar-refractivity contribution in [2.24, 2.45) is 5.92 Å². The van der Waals surface area contributed by atoms with Crippen LogP contribution in [-0.2, 0) is 4.74 Å². The molecule has 0 spiro atoms. The normalized spacial score (nSPS) is 14.5. The highest BCUT2D eigenvalue weighted by atomic mass is 79.9. The smallest absolute Gasteiger partial charge is 0.335 e. The van der Waals surface area contributed by atoms with E-state index >= 15 is 0 Å². The summed E-state index contributed by atoms with van der Waals surface area (Å²) in [5.74, 6) is -0.137. The average molecular weight is 314 g/mol. The van der Waals surface area contributed by atoms with Crippen LogP contribution in [0.3, 0.4) is 0 Å². The zero-order valence-corrected chi connectivity index (χ0v) is 11.6. The molecule has 18 heavy (non-hydrogen) atoms. The molecule has 0 aliphatic heterocycles. The second kappa shape index (κ2) is 6.20. The summed E-state index contributed by atoms with van der Waals surface area (Å²) >= 11 is 3.35. The van der Waals surface area contributed by atoms with Crippen LogP contribution >= 0.6 is 15.9 Å². The van der Waals surface area contributed by atoms with Gasteiger partial charge in [-0.1, -0.05) is 0 Å². The Morgan fingerprint density at radius 2 is 2.28 bits per heavy atom. The number of carboxylic acid groups (broad SMARTS) is 1. The van der Waals surface area contributed by atoms with Gasteiger partial charge in [-0.15, -0.1) is 0 Å². The zero-order valence-electron chi connectivity index (χ0n) is 9.99. The Kier molecular flexibility index (Phi) is 4.60. The van der Waals surface area contributed by atoms with Gasteiger partial charge in [0, 0.05) is 23.3 Å². The van der Waals surface area contributed by atoms with Crippen LogP contribution in [0.1, 0.15) is 23.2 Å². The van der Waals surface area contributed by atoms with E-state index in [1.54, 1.807) is 18.2 Å². The SMILES string of the molecule is O=C(O)c1ccc(NCCOCC2CC2)c(Br)c1. The number of carbonyl (C=O) groups is 1. The van der Waals surface area contributed by atoms with E-state index in [9.17, 15) is 4.79 Å². The van der Waals surface area contributed by atoms with Gasteiger partial charge in [0.25, 0.3) is 0 Å². The summed E-state index contributed by atoms with van der Waals surface area (Å²) in [5, 5.41) is 12.1. The first-order chi connectivity index (χ1) is 8.66. The molecule has 4 nitrogen and oxygen atoms in total. The van der Waals surface area contributed by atoms with Gasteiger partial charge in [0.1, 0.15) is 0 Å². The highest BCUT2D eigenvalue weighted by Gasteiger charge is 2.20. The van der Waals surface area contributed by atoms with Crippen LogP contribution < -0.4 is 5.32 Å². The quantitative estimate of drug-likeness (QED) is 0.760. The van der Waals surface area contributed by atoms with Crippen molar-refractivity contribution in [3.8, 4) is 0 Å². The monoisotopic (exact) mass is 313 g/mol. The minimum atomic E-state index is -0.921. The van der Waals surface area contributed by atoms with Gasteiger partial charge in [-0.05, 0) is 52.9 Å². The van der Waals surface area contributed by atoms with Crippen LogP contribution in [0, 0.1) is 5.92 Å². The Morgan fingerprint density at radius 3 is 2.89 bits per heavy atom. The first-order valence-electron chi connectivity index (χ1n) is 6.01. The standard InChI is InChI=1S/C13H16BrNO3/c14-11-7-10(13(16)17)3-4-12(11)15-5-6-18-8-9-1-2-9/h3-4,7,9,15H,1-2,5-6,8H2,(H,16,17). The number of aromatic carboxylic acids is 1. The highest BCUT2D eigenvalue weighted by Crippen LogP contribution is 2.28. The fraction of sp³-hybridized carbons (Fsp3) is 0.462. The number of ether oxygens (including phenoxy) is 1. The summed E-state index contributed by atoms with van der Waals surface area (Å²) in [6.45, 7) is 2.25. The molecule has 0 atom stereocenters. The third-order valence-electron chi connectivity index (χ3n) is 2.83. The second-order valence-corrected chi connectivity index (χ2v) is 5.30. The molecule has 0 aromatic heterocycles. The van der Waals surface area contributed by atoms with E-state index < -0.39 is 5.97 Å². The van der Waals surface area contributed by atoms with Crippen LogP contribution in [0.15, 0.2) is 22.7 Å². The molecule has 1 saturated carbocycles. The number of anilines is 1. The lowest BCUT2D eigenvalue weighted by Crippen LogP contribution is -2.11. The third kappa shape index (κ3) is 3.99. The van der Waals surface area contributed by atoms with Gasteiger partial charge >= 0.3 is 5.97 Å². The van der Waals surface area contributed by atoms with Crippen LogP contribution in [0.5, 0.6) is 0 Å². The number of hydrogen-bond acceptors (Lipinski definition) is 3. The molecule has 0 heterocycles. The fourth-order valence-electron chi connectivity index (χ4n) is 1.58. The summed E-state index contributed by atoms with van der Waals surface area (Å²) in [6, 6.07) is 4.94. The molecular weight excluding hydrogens is 298 g/mol. The third-order valence-corrected chi connectivity index (χ3v) is 3.48. The molecule has 1 aromatic carbocycles. The highest BCUT2D eigenvalue weighted by molar-refractivity contribution is 9.10. The van der Waals surface area contributed by atoms with Crippen LogP contribution in [-0.4, -0.2) is 30.8 Å². The van der Waals surface area contributed by atoms with E-state index in [0.29, 0.717) is 6.61 Å². The van der Waals surface area contributed by atoms with Gasteiger partial charge in [0.15, 0.2) is 0 Å². The molecule has 0 amide bonds. The predicted molar refractivity (Wildman–Crippen MR) is 73.1 cm³/mol. The van der Waals surface area contributed by atoms with Crippen molar-refractivity contribution in [1.29, 1.82) is 0 Å². The van der Waals surface area contributed by atoms with Gasteiger partial charge in [0.2, 0.25) is 0 Å². The topological polar surface area (TPSA) is 58.6 Å². The Bertz CT molecular complexity index is 432. The molecule has 0 saturated heterocycles. The van der Waals surface area contributed by atoms with E-state index in [0.717, 1.165) is 29.2 Å². The van der Waals surface area contributed by atoms with Crippen molar-refractivity contribution in [1.82, 2.24) is 0 Å². The lowest BCUT2D eigenvalue weighted by Gasteiger charge is -2.09. The Balaban J connectivity index is 1.75. The van der Waals surface area contributed by atoms with E-state index in [4.69, 9.17) is 9.84 Å². The number of rotatable bonds is 7. The van der Waals surface area contributed by atoms with Crippen molar-refractivity contribution < 1.29 is 14.6 Å². The molecule has 1 aromatic rings. The minimum absolute atomic E-state index is 0.275. The van der Waals surface area contributed by atoms with Crippen LogP contribution in [0.4, 0.5) is 5.69 Å². The first-order valence-corrected chi connectivity index (χ1v) is 6.80. The van der Waals surface area contributed by atoms with Gasteiger partial charge in [-0.2, -0.15) is 0 Å². The van der Waals surface area contributed by atoms with Crippen LogP contribution in [0.25, 0.3) is 0 Å². The van der Waals surface area contributed by atoms with Crippen molar-refractivity contribution in [2.75, 3.05) is 25.1 Å². The Morgan fingerprint density at radius 1 is 1.50 bits per heavy atom. The lowest BCUT2D eigenvalue weighted by molar-refractivity contribution is 0.0697. The maximum atomic E-state index is 10.8. The Hall–Kier alpha value is -1.07.